The fraction of sp³-hybridized carbons (Fsp3) is 0. The molecule has 0 saturated carbocycles. The molecule has 0 heterocycles. The van der Waals surface area contributed by atoms with E-state index in [1.807, 2.05) is 0 Å². The minimum Gasteiger partial charge on any atom is -0.457 e. The fourth-order valence-electron chi connectivity index (χ4n) is 2.36. The van der Waals surface area contributed by atoms with Crippen LogP contribution in [0.1, 0.15) is 5.56 Å². The standard InChI is InChI=1S/C20H17FN2O5S2/c21-16-3-1-15(2-4-16)13-14-29(24,25)23-17-5-7-18(8-6-17)28-19-9-11-20(12-10-19)30(22,26)27/h1-14,23H,(H2,22,26,27)/b14-13+. The lowest BCUT2D eigenvalue weighted by atomic mass is 10.2. The van der Waals surface area contributed by atoms with Crippen molar-refractivity contribution in [3.05, 3.63) is 89.6 Å². The molecule has 30 heavy (non-hydrogen) atoms. The highest BCUT2D eigenvalue weighted by Crippen LogP contribution is 2.24. The van der Waals surface area contributed by atoms with E-state index in [0.29, 0.717) is 22.7 Å². The van der Waals surface area contributed by atoms with E-state index >= 15 is 0 Å². The predicted molar refractivity (Wildman–Crippen MR) is 112 cm³/mol. The highest BCUT2D eigenvalue weighted by atomic mass is 32.2. The molecule has 0 radical (unpaired) electrons. The Morgan fingerprint density at radius 3 is 1.87 bits per heavy atom. The van der Waals surface area contributed by atoms with E-state index in [-0.39, 0.29) is 4.90 Å². The Balaban J connectivity index is 1.64. The van der Waals surface area contributed by atoms with E-state index in [0.717, 1.165) is 5.41 Å². The van der Waals surface area contributed by atoms with E-state index in [1.54, 1.807) is 12.1 Å². The van der Waals surface area contributed by atoms with Gasteiger partial charge in [-0.2, -0.15) is 0 Å². The highest BCUT2D eigenvalue weighted by Gasteiger charge is 2.08. The Bertz CT molecular complexity index is 1250. The molecule has 0 aliphatic carbocycles. The number of halogens is 1. The molecule has 0 unspecified atom stereocenters. The Hall–Kier alpha value is -3.21. The van der Waals surface area contributed by atoms with Gasteiger partial charge in [-0.25, -0.2) is 26.4 Å². The van der Waals surface area contributed by atoms with Crippen molar-refractivity contribution < 1.29 is 26.0 Å². The van der Waals surface area contributed by atoms with Gasteiger partial charge in [-0.1, -0.05) is 12.1 Å². The summed E-state index contributed by atoms with van der Waals surface area (Å²) >= 11 is 0. The first-order chi connectivity index (χ1) is 14.1. The maximum absolute atomic E-state index is 12.9. The van der Waals surface area contributed by atoms with Crippen molar-refractivity contribution in [2.75, 3.05) is 4.72 Å². The maximum Gasteiger partial charge on any atom is 0.255 e. The Morgan fingerprint density at radius 1 is 0.800 bits per heavy atom. The molecule has 3 aromatic carbocycles. The summed E-state index contributed by atoms with van der Waals surface area (Å²) in [5.41, 5.74) is 0.856. The summed E-state index contributed by atoms with van der Waals surface area (Å²) in [7, 11) is -7.55. The second-order valence-electron chi connectivity index (χ2n) is 6.14. The summed E-state index contributed by atoms with van der Waals surface area (Å²) < 4.78 is 67.7. The first-order valence-corrected chi connectivity index (χ1v) is 11.6. The van der Waals surface area contributed by atoms with Crippen molar-refractivity contribution in [3.63, 3.8) is 0 Å². The molecule has 0 spiro atoms. The summed E-state index contributed by atoms with van der Waals surface area (Å²) in [4.78, 5) is -0.0340. The summed E-state index contributed by atoms with van der Waals surface area (Å²) in [6, 6.07) is 17.1. The van der Waals surface area contributed by atoms with Gasteiger partial charge in [0.1, 0.15) is 17.3 Å². The number of sulfonamides is 2. The van der Waals surface area contributed by atoms with Crippen LogP contribution in [-0.2, 0) is 20.0 Å². The number of hydrogen-bond donors (Lipinski definition) is 2. The SMILES string of the molecule is NS(=O)(=O)c1ccc(Oc2ccc(NS(=O)(=O)/C=C/c3ccc(F)cc3)cc2)cc1. The van der Waals surface area contributed by atoms with E-state index < -0.39 is 25.9 Å². The Labute approximate surface area is 173 Å². The molecule has 0 amide bonds. The molecule has 0 aliphatic heterocycles. The van der Waals surface area contributed by atoms with Crippen LogP contribution in [0.4, 0.5) is 10.1 Å². The average Bonchev–Trinajstić information content (AvgIpc) is 2.69. The number of primary sulfonamides is 1. The first kappa shape index (κ1) is 21.5. The molecular weight excluding hydrogens is 431 g/mol. The monoisotopic (exact) mass is 448 g/mol. The Morgan fingerprint density at radius 2 is 1.33 bits per heavy atom. The number of rotatable bonds is 7. The molecule has 10 heteroatoms. The quantitative estimate of drug-likeness (QED) is 0.572. The molecular formula is C20H17FN2O5S2. The van der Waals surface area contributed by atoms with Gasteiger partial charge in [0.2, 0.25) is 10.0 Å². The molecule has 7 nitrogen and oxygen atoms in total. The average molecular weight is 448 g/mol. The summed E-state index contributed by atoms with van der Waals surface area (Å²) in [6.07, 6.45) is 1.35. The van der Waals surface area contributed by atoms with Gasteiger partial charge in [-0.3, -0.25) is 4.72 Å². The fourth-order valence-corrected chi connectivity index (χ4v) is 3.75. The molecule has 0 bridgehead atoms. The topological polar surface area (TPSA) is 116 Å². The van der Waals surface area contributed by atoms with Crippen molar-refractivity contribution in [1.29, 1.82) is 0 Å². The van der Waals surface area contributed by atoms with Crippen molar-refractivity contribution in [2.45, 2.75) is 4.90 Å². The van der Waals surface area contributed by atoms with Crippen LogP contribution in [0.3, 0.4) is 0 Å². The van der Waals surface area contributed by atoms with Gasteiger partial charge in [0.25, 0.3) is 10.0 Å². The van der Waals surface area contributed by atoms with Crippen LogP contribution >= 0.6 is 0 Å². The minimum absolute atomic E-state index is 0.0340. The normalized spacial score (nSPS) is 12.1. The van der Waals surface area contributed by atoms with Gasteiger partial charge in [-0.05, 0) is 72.3 Å². The molecule has 3 N–H and O–H groups in total. The number of nitrogens with two attached hydrogens (primary N) is 1. The molecule has 156 valence electrons. The number of anilines is 1. The second-order valence-corrected chi connectivity index (χ2v) is 9.27. The molecule has 3 aromatic rings. The summed E-state index contributed by atoms with van der Waals surface area (Å²) in [5, 5.41) is 6.03. The third-order valence-corrected chi connectivity index (χ3v) is 5.76. The summed E-state index contributed by atoms with van der Waals surface area (Å²) in [6.45, 7) is 0. The third-order valence-electron chi connectivity index (χ3n) is 3.81. The zero-order valence-electron chi connectivity index (χ0n) is 15.4. The molecule has 0 aliphatic rings. The third kappa shape index (κ3) is 6.14. The second kappa shape index (κ2) is 8.66. The molecule has 0 atom stereocenters. The predicted octanol–water partition coefficient (Wildman–Crippen LogP) is 3.68. The number of ether oxygens (including phenoxy) is 1. The number of benzene rings is 3. The lowest BCUT2D eigenvalue weighted by molar-refractivity contribution is 0.482. The lowest BCUT2D eigenvalue weighted by Gasteiger charge is -2.08. The Kier molecular flexibility index (Phi) is 6.20. The van der Waals surface area contributed by atoms with Gasteiger partial charge in [0, 0.05) is 5.69 Å². The van der Waals surface area contributed by atoms with Crippen LogP contribution in [-0.4, -0.2) is 16.8 Å². The van der Waals surface area contributed by atoms with Crippen molar-refractivity contribution >= 4 is 31.8 Å². The van der Waals surface area contributed by atoms with Crippen LogP contribution in [0.15, 0.2) is 83.1 Å². The van der Waals surface area contributed by atoms with Crippen molar-refractivity contribution in [3.8, 4) is 11.5 Å². The van der Waals surface area contributed by atoms with E-state index in [9.17, 15) is 21.2 Å². The maximum atomic E-state index is 12.9. The zero-order valence-corrected chi connectivity index (χ0v) is 17.0. The van der Waals surface area contributed by atoms with Crippen molar-refractivity contribution in [1.82, 2.24) is 0 Å². The zero-order chi connectivity index (χ0) is 21.8. The molecule has 0 saturated heterocycles. The van der Waals surface area contributed by atoms with Crippen molar-refractivity contribution in [2.24, 2.45) is 5.14 Å². The lowest BCUT2D eigenvalue weighted by Crippen LogP contribution is -2.11. The van der Waals surface area contributed by atoms with Gasteiger partial charge in [-0.15, -0.1) is 0 Å². The van der Waals surface area contributed by atoms with Gasteiger partial charge in [0.15, 0.2) is 0 Å². The van der Waals surface area contributed by atoms with Crippen LogP contribution in [0.5, 0.6) is 11.5 Å². The van der Waals surface area contributed by atoms with Crippen LogP contribution < -0.4 is 14.6 Å². The smallest absolute Gasteiger partial charge is 0.255 e. The molecule has 0 aromatic heterocycles. The molecule has 0 fully saturated rings. The first-order valence-electron chi connectivity index (χ1n) is 8.48. The number of hydrogen-bond acceptors (Lipinski definition) is 5. The van der Waals surface area contributed by atoms with Crippen LogP contribution in [0.2, 0.25) is 0 Å². The highest BCUT2D eigenvalue weighted by molar-refractivity contribution is 7.95. The van der Waals surface area contributed by atoms with Crippen LogP contribution in [0.25, 0.3) is 6.08 Å². The number of nitrogens with one attached hydrogen (secondary N) is 1. The van der Waals surface area contributed by atoms with Gasteiger partial charge >= 0.3 is 0 Å². The van der Waals surface area contributed by atoms with E-state index in [2.05, 4.69) is 4.72 Å². The van der Waals surface area contributed by atoms with E-state index in [4.69, 9.17) is 9.88 Å². The van der Waals surface area contributed by atoms with E-state index in [1.165, 1.54) is 66.7 Å². The van der Waals surface area contributed by atoms with Crippen LogP contribution in [0, 0.1) is 5.82 Å². The van der Waals surface area contributed by atoms with Gasteiger partial charge < -0.3 is 4.74 Å². The minimum atomic E-state index is -3.78. The molecule has 3 rings (SSSR count). The van der Waals surface area contributed by atoms with Gasteiger partial charge in [0.05, 0.1) is 10.3 Å². The summed E-state index contributed by atoms with van der Waals surface area (Å²) in [5.74, 6) is 0.400. The largest absolute Gasteiger partial charge is 0.457 e.